The van der Waals surface area contributed by atoms with Crippen LogP contribution >= 0.6 is 11.3 Å². The summed E-state index contributed by atoms with van der Waals surface area (Å²) in [5.74, 6) is 6.69. The zero-order chi connectivity index (χ0) is 16.0. The Morgan fingerprint density at radius 1 is 1.22 bits per heavy atom. The van der Waals surface area contributed by atoms with Gasteiger partial charge in [-0.2, -0.15) is 0 Å². The molecule has 0 spiro atoms. The number of hydrogen-bond acceptors (Lipinski definition) is 4. The molecule has 1 aliphatic rings. The average molecular weight is 325 g/mol. The van der Waals surface area contributed by atoms with Gasteiger partial charge in [0.1, 0.15) is 10.7 Å². The van der Waals surface area contributed by atoms with Crippen molar-refractivity contribution >= 4 is 21.6 Å². The van der Waals surface area contributed by atoms with E-state index in [4.69, 9.17) is 10.8 Å². The highest BCUT2D eigenvalue weighted by Crippen LogP contribution is 2.33. The normalized spacial score (nSPS) is 14.1. The molecule has 0 bridgehead atoms. The molecule has 2 heterocycles. The molecule has 2 aromatic heterocycles. The van der Waals surface area contributed by atoms with Gasteiger partial charge in [-0.3, -0.25) is 4.79 Å². The number of nitrogen functional groups attached to an aromatic ring is 1. The van der Waals surface area contributed by atoms with Crippen LogP contribution in [0.1, 0.15) is 40.2 Å². The molecule has 3 aromatic rings. The summed E-state index contributed by atoms with van der Waals surface area (Å²) >= 11 is 1.67. The molecule has 0 saturated carbocycles. The molecule has 2 N–H and O–H groups in total. The predicted molar refractivity (Wildman–Crippen MR) is 94.7 cm³/mol. The van der Waals surface area contributed by atoms with Crippen LogP contribution in [-0.4, -0.2) is 9.66 Å². The first-order valence-corrected chi connectivity index (χ1v) is 8.82. The molecule has 0 amide bonds. The molecule has 4 rings (SSSR count). The second-order valence-electron chi connectivity index (χ2n) is 6.26. The molecule has 0 fully saturated rings. The van der Waals surface area contributed by atoms with Crippen LogP contribution in [0.25, 0.3) is 10.2 Å². The molecular weight excluding hydrogens is 306 g/mol. The standard InChI is InChI=1S/C18H19N3OS/c1-11-6-8-12(9-7-11)10-15-20-17-16(18(22)21(15)19)13-4-2-3-5-14(13)23-17/h6-9H,2-5,10,19H2,1H3. The number of aryl methyl sites for hydroxylation is 3. The van der Waals surface area contributed by atoms with Gasteiger partial charge in [-0.25, -0.2) is 9.66 Å². The fraction of sp³-hybridized carbons (Fsp3) is 0.333. The summed E-state index contributed by atoms with van der Waals surface area (Å²) in [6, 6.07) is 8.25. The smallest absolute Gasteiger partial charge is 0.280 e. The monoisotopic (exact) mass is 325 g/mol. The number of thiophene rings is 1. The number of benzene rings is 1. The van der Waals surface area contributed by atoms with Crippen LogP contribution < -0.4 is 11.4 Å². The van der Waals surface area contributed by atoms with Crippen molar-refractivity contribution < 1.29 is 0 Å². The number of nitrogens with two attached hydrogens (primary N) is 1. The summed E-state index contributed by atoms with van der Waals surface area (Å²) in [5, 5.41) is 0.750. The Morgan fingerprint density at radius 3 is 2.74 bits per heavy atom. The van der Waals surface area contributed by atoms with Gasteiger partial charge < -0.3 is 5.84 Å². The molecule has 0 atom stereocenters. The van der Waals surface area contributed by atoms with Gasteiger partial charge in [-0.1, -0.05) is 29.8 Å². The van der Waals surface area contributed by atoms with Crippen molar-refractivity contribution in [2.24, 2.45) is 0 Å². The van der Waals surface area contributed by atoms with E-state index in [0.29, 0.717) is 12.2 Å². The van der Waals surface area contributed by atoms with Crippen molar-refractivity contribution in [1.29, 1.82) is 0 Å². The molecular formula is C18H19N3OS. The molecule has 118 valence electrons. The van der Waals surface area contributed by atoms with E-state index in [0.717, 1.165) is 35.0 Å². The zero-order valence-corrected chi connectivity index (χ0v) is 13.9. The highest BCUT2D eigenvalue weighted by atomic mass is 32.1. The van der Waals surface area contributed by atoms with Crippen LogP contribution in [-0.2, 0) is 19.3 Å². The van der Waals surface area contributed by atoms with E-state index in [1.165, 1.54) is 27.1 Å². The Morgan fingerprint density at radius 2 is 1.96 bits per heavy atom. The van der Waals surface area contributed by atoms with Gasteiger partial charge in [0.2, 0.25) is 0 Å². The van der Waals surface area contributed by atoms with Crippen LogP contribution in [0.15, 0.2) is 29.1 Å². The van der Waals surface area contributed by atoms with Crippen LogP contribution in [0.4, 0.5) is 0 Å². The van der Waals surface area contributed by atoms with Crippen molar-refractivity contribution in [3.63, 3.8) is 0 Å². The largest absolute Gasteiger partial charge is 0.335 e. The fourth-order valence-electron chi connectivity index (χ4n) is 3.27. The third-order valence-electron chi connectivity index (χ3n) is 4.58. The maximum absolute atomic E-state index is 12.7. The van der Waals surface area contributed by atoms with Crippen molar-refractivity contribution in [2.75, 3.05) is 5.84 Å². The molecule has 1 aromatic carbocycles. The van der Waals surface area contributed by atoms with E-state index in [2.05, 4.69) is 31.2 Å². The van der Waals surface area contributed by atoms with Gasteiger partial charge in [0.25, 0.3) is 5.56 Å². The third kappa shape index (κ3) is 2.45. The number of fused-ring (bicyclic) bond motifs is 3. The van der Waals surface area contributed by atoms with Crippen LogP contribution in [0, 0.1) is 6.92 Å². The Kier molecular flexibility index (Phi) is 3.45. The van der Waals surface area contributed by atoms with E-state index in [9.17, 15) is 4.79 Å². The molecule has 1 aliphatic carbocycles. The van der Waals surface area contributed by atoms with Crippen molar-refractivity contribution in [3.8, 4) is 0 Å². The minimum atomic E-state index is -0.100. The molecule has 4 nitrogen and oxygen atoms in total. The molecule has 0 saturated heterocycles. The quantitative estimate of drug-likeness (QED) is 0.737. The van der Waals surface area contributed by atoms with Gasteiger partial charge >= 0.3 is 0 Å². The van der Waals surface area contributed by atoms with Crippen molar-refractivity contribution in [1.82, 2.24) is 9.66 Å². The summed E-state index contributed by atoms with van der Waals surface area (Å²) in [7, 11) is 0. The number of nitrogens with zero attached hydrogens (tertiary/aromatic N) is 2. The van der Waals surface area contributed by atoms with Crippen LogP contribution in [0.5, 0.6) is 0 Å². The third-order valence-corrected chi connectivity index (χ3v) is 5.76. The van der Waals surface area contributed by atoms with E-state index < -0.39 is 0 Å². The number of hydrogen-bond donors (Lipinski definition) is 1. The lowest BCUT2D eigenvalue weighted by Crippen LogP contribution is -2.32. The molecule has 5 heteroatoms. The molecule has 0 radical (unpaired) electrons. The van der Waals surface area contributed by atoms with E-state index in [1.54, 1.807) is 11.3 Å². The number of aromatic nitrogens is 2. The van der Waals surface area contributed by atoms with Crippen molar-refractivity contribution in [3.05, 3.63) is 62.0 Å². The lowest BCUT2D eigenvalue weighted by Gasteiger charge is -2.11. The average Bonchev–Trinajstić information content (AvgIpc) is 2.92. The highest BCUT2D eigenvalue weighted by molar-refractivity contribution is 7.18. The Bertz CT molecular complexity index is 938. The Balaban J connectivity index is 1.83. The Labute approximate surface area is 138 Å². The maximum atomic E-state index is 12.7. The first kappa shape index (κ1) is 14.5. The van der Waals surface area contributed by atoms with Gasteiger partial charge in [0.05, 0.1) is 5.39 Å². The van der Waals surface area contributed by atoms with Crippen molar-refractivity contribution in [2.45, 2.75) is 39.0 Å². The highest BCUT2D eigenvalue weighted by Gasteiger charge is 2.21. The minimum absolute atomic E-state index is 0.100. The summed E-state index contributed by atoms with van der Waals surface area (Å²) in [4.78, 5) is 19.6. The first-order chi connectivity index (χ1) is 11.1. The van der Waals surface area contributed by atoms with Gasteiger partial charge in [-0.05, 0) is 43.7 Å². The summed E-state index contributed by atoms with van der Waals surface area (Å²) in [6.45, 7) is 2.06. The van der Waals surface area contributed by atoms with E-state index in [1.807, 2.05) is 0 Å². The Hall–Kier alpha value is -2.14. The number of rotatable bonds is 2. The maximum Gasteiger partial charge on any atom is 0.280 e. The zero-order valence-electron chi connectivity index (χ0n) is 13.1. The summed E-state index contributed by atoms with van der Waals surface area (Å²) in [5.41, 5.74) is 3.42. The molecule has 23 heavy (non-hydrogen) atoms. The summed E-state index contributed by atoms with van der Waals surface area (Å²) in [6.07, 6.45) is 4.96. The molecule has 0 aliphatic heterocycles. The molecule has 0 unspecified atom stereocenters. The predicted octanol–water partition coefficient (Wildman–Crippen LogP) is 2.95. The summed E-state index contributed by atoms with van der Waals surface area (Å²) < 4.78 is 1.24. The first-order valence-electron chi connectivity index (χ1n) is 8.00. The van der Waals surface area contributed by atoms with E-state index >= 15 is 0 Å². The lowest BCUT2D eigenvalue weighted by molar-refractivity contribution is 0.699. The SMILES string of the molecule is Cc1ccc(Cc2nc3sc4c(c3c(=O)n2N)CCCC4)cc1. The van der Waals surface area contributed by atoms with Gasteiger partial charge in [-0.15, -0.1) is 11.3 Å². The van der Waals surface area contributed by atoms with Crippen LogP contribution in [0.3, 0.4) is 0 Å². The van der Waals surface area contributed by atoms with Gasteiger partial charge in [0, 0.05) is 11.3 Å². The second kappa shape index (κ2) is 5.49. The topological polar surface area (TPSA) is 60.9 Å². The fourth-order valence-corrected chi connectivity index (χ4v) is 4.54. The minimum Gasteiger partial charge on any atom is -0.335 e. The second-order valence-corrected chi connectivity index (χ2v) is 7.34. The van der Waals surface area contributed by atoms with Crippen LogP contribution in [0.2, 0.25) is 0 Å². The van der Waals surface area contributed by atoms with Gasteiger partial charge in [0.15, 0.2) is 0 Å². The lowest BCUT2D eigenvalue weighted by atomic mass is 9.97. The van der Waals surface area contributed by atoms with E-state index in [-0.39, 0.29) is 5.56 Å².